The van der Waals surface area contributed by atoms with Crippen LogP contribution >= 0.6 is 22.6 Å². The molecule has 0 aromatic carbocycles. The van der Waals surface area contributed by atoms with Gasteiger partial charge in [-0.05, 0) is 0 Å². The van der Waals surface area contributed by atoms with Gasteiger partial charge in [0, 0.05) is 22.6 Å². The molecule has 0 heterocycles. The second-order valence-electron chi connectivity index (χ2n) is 1.91. The van der Waals surface area contributed by atoms with Crippen LogP contribution in [0, 0.1) is 6.43 Å². The molecule has 0 spiro atoms. The molecule has 0 N–H and O–H groups in total. The summed E-state index contributed by atoms with van der Waals surface area (Å²) in [5.41, 5.74) is 0. The van der Waals surface area contributed by atoms with E-state index in [9.17, 15) is 35.1 Å². The van der Waals surface area contributed by atoms with E-state index >= 15 is 0 Å². The van der Waals surface area contributed by atoms with Crippen molar-refractivity contribution >= 4 is 22.6 Å². The van der Waals surface area contributed by atoms with E-state index in [2.05, 4.69) is 0 Å². The van der Waals surface area contributed by atoms with Gasteiger partial charge in [-0.2, -0.15) is 35.1 Å². The van der Waals surface area contributed by atoms with Crippen LogP contribution in [0.15, 0.2) is 0 Å². The van der Waals surface area contributed by atoms with Crippen LogP contribution < -0.4 is 0 Å². The summed E-state index contributed by atoms with van der Waals surface area (Å²) in [7, 11) is 0. The summed E-state index contributed by atoms with van der Waals surface area (Å²) >= 11 is -0.332. The lowest BCUT2D eigenvalue weighted by Crippen LogP contribution is -2.52. The summed E-state index contributed by atoms with van der Waals surface area (Å²) in [4.78, 5) is 0. The van der Waals surface area contributed by atoms with Crippen LogP contribution in [0.3, 0.4) is 0 Å². The Labute approximate surface area is 80.4 Å². The van der Waals surface area contributed by atoms with Crippen LogP contribution in [0.25, 0.3) is 0 Å². The van der Waals surface area contributed by atoms with E-state index in [0.29, 0.717) is 0 Å². The SMILES string of the molecule is F[C](F)C(F)(F)C(F)(F)C(F)(F)I. The molecule has 0 bridgehead atoms. The van der Waals surface area contributed by atoms with E-state index in [0.717, 1.165) is 0 Å². The lowest BCUT2D eigenvalue weighted by atomic mass is 10.2. The zero-order chi connectivity index (χ0) is 11.1. The van der Waals surface area contributed by atoms with Gasteiger partial charge in [-0.3, -0.25) is 0 Å². The predicted octanol–water partition coefficient (Wildman–Crippen LogP) is 3.71. The molecular weight excluding hydrogens is 327 g/mol. The van der Waals surface area contributed by atoms with Gasteiger partial charge in [-0.25, -0.2) is 0 Å². The minimum absolute atomic E-state index is 0.332. The Balaban J connectivity index is 5.04. The summed E-state index contributed by atoms with van der Waals surface area (Å²) in [5, 5.41) is 0. The van der Waals surface area contributed by atoms with Crippen molar-refractivity contribution in [2.45, 2.75) is 15.8 Å². The van der Waals surface area contributed by atoms with Crippen LogP contribution in [0.4, 0.5) is 35.1 Å². The lowest BCUT2D eigenvalue weighted by molar-refractivity contribution is -0.282. The first-order valence-corrected chi connectivity index (χ1v) is 3.53. The Kier molecular flexibility index (Phi) is 3.43. The van der Waals surface area contributed by atoms with Crippen LogP contribution in [0.5, 0.6) is 0 Å². The molecule has 0 aromatic rings. The highest BCUT2D eigenvalue weighted by Crippen LogP contribution is 2.53. The monoisotopic (exact) mass is 327 g/mol. The number of hydrogen-bond donors (Lipinski definition) is 0. The van der Waals surface area contributed by atoms with Crippen molar-refractivity contribution in [3.05, 3.63) is 6.43 Å². The molecule has 0 aromatic heterocycles. The smallest absolute Gasteiger partial charge is 0.192 e. The topological polar surface area (TPSA) is 0 Å². The van der Waals surface area contributed by atoms with Crippen molar-refractivity contribution in [2.75, 3.05) is 0 Å². The van der Waals surface area contributed by atoms with E-state index in [1.54, 1.807) is 0 Å². The van der Waals surface area contributed by atoms with Crippen LogP contribution in [0.1, 0.15) is 0 Å². The minimum Gasteiger partial charge on any atom is -0.192 e. The molecule has 0 aliphatic rings. The van der Waals surface area contributed by atoms with Crippen molar-refractivity contribution in [1.82, 2.24) is 0 Å². The number of halogens is 9. The molecule has 0 saturated heterocycles. The van der Waals surface area contributed by atoms with Crippen molar-refractivity contribution in [2.24, 2.45) is 0 Å². The van der Waals surface area contributed by atoms with Crippen molar-refractivity contribution in [3.8, 4) is 0 Å². The van der Waals surface area contributed by atoms with Gasteiger partial charge in [-0.1, -0.05) is 0 Å². The summed E-state index contributed by atoms with van der Waals surface area (Å²) in [6, 6.07) is 0. The second kappa shape index (κ2) is 3.39. The summed E-state index contributed by atoms with van der Waals surface area (Å²) in [5.74, 6) is -12.2. The normalized spacial score (nSPS) is 15.2. The Bertz CT molecular complexity index is 181. The van der Waals surface area contributed by atoms with Crippen LogP contribution in [-0.4, -0.2) is 15.8 Å². The average Bonchev–Trinajstić information content (AvgIpc) is 1.84. The highest BCUT2D eigenvalue weighted by molar-refractivity contribution is 14.1. The largest absolute Gasteiger partial charge is 0.387 e. The number of alkyl halides is 7. The second-order valence-corrected chi connectivity index (χ2v) is 3.26. The molecule has 9 heteroatoms. The van der Waals surface area contributed by atoms with Gasteiger partial charge < -0.3 is 0 Å². The molecule has 0 atom stereocenters. The van der Waals surface area contributed by atoms with E-state index in [1.165, 1.54) is 0 Å². The molecular formula is C4F8I. The molecule has 13 heavy (non-hydrogen) atoms. The molecule has 0 amide bonds. The van der Waals surface area contributed by atoms with Crippen molar-refractivity contribution in [1.29, 1.82) is 0 Å². The first-order valence-electron chi connectivity index (χ1n) is 2.45. The Morgan fingerprint density at radius 3 is 1.23 bits per heavy atom. The first kappa shape index (κ1) is 13.2. The van der Waals surface area contributed by atoms with Gasteiger partial charge in [0.2, 0.25) is 0 Å². The number of rotatable bonds is 3. The Morgan fingerprint density at radius 1 is 0.846 bits per heavy atom. The summed E-state index contributed by atoms with van der Waals surface area (Å²) < 4.78 is 88.2. The van der Waals surface area contributed by atoms with Gasteiger partial charge in [-0.15, -0.1) is 0 Å². The van der Waals surface area contributed by atoms with Gasteiger partial charge in [0.25, 0.3) is 0 Å². The molecule has 0 rings (SSSR count). The van der Waals surface area contributed by atoms with E-state index in [-0.39, 0.29) is 22.6 Å². The fraction of sp³-hybridized carbons (Fsp3) is 0.750. The third kappa shape index (κ3) is 2.15. The quantitative estimate of drug-likeness (QED) is 0.421. The zero-order valence-corrected chi connectivity index (χ0v) is 7.56. The van der Waals surface area contributed by atoms with Gasteiger partial charge >= 0.3 is 22.2 Å². The summed E-state index contributed by atoms with van der Waals surface area (Å²) in [6.45, 7) is 0. The van der Waals surface area contributed by atoms with E-state index in [1.807, 2.05) is 0 Å². The first-order chi connectivity index (χ1) is 5.44. The number of hydrogen-bond acceptors (Lipinski definition) is 0. The maximum absolute atomic E-state index is 12.0. The maximum Gasteiger partial charge on any atom is 0.387 e. The fourth-order valence-corrected chi connectivity index (χ4v) is 0.635. The molecule has 0 aliphatic heterocycles. The summed E-state index contributed by atoms with van der Waals surface area (Å²) in [6.07, 6.45) is -4.05. The standard InChI is InChI=1S/C4F8I/c5-1(6)2(7,8)3(9,10)4(11,12)13. The van der Waals surface area contributed by atoms with Gasteiger partial charge in [0.15, 0.2) is 0 Å². The van der Waals surface area contributed by atoms with Gasteiger partial charge in [0.05, 0.1) is 0 Å². The minimum atomic E-state index is -6.13. The molecule has 0 fully saturated rings. The average molecular weight is 327 g/mol. The molecule has 0 nitrogen and oxygen atoms in total. The molecule has 79 valence electrons. The van der Waals surface area contributed by atoms with Crippen LogP contribution in [-0.2, 0) is 0 Å². The highest BCUT2D eigenvalue weighted by atomic mass is 127. The third-order valence-electron chi connectivity index (χ3n) is 0.988. The highest BCUT2D eigenvalue weighted by Gasteiger charge is 2.75. The van der Waals surface area contributed by atoms with Crippen LogP contribution in [0.2, 0.25) is 0 Å². The predicted molar refractivity (Wildman–Crippen MR) is 34.3 cm³/mol. The van der Waals surface area contributed by atoms with Crippen molar-refractivity contribution < 1.29 is 35.1 Å². The van der Waals surface area contributed by atoms with Gasteiger partial charge in [0.1, 0.15) is 0 Å². The lowest BCUT2D eigenvalue weighted by Gasteiger charge is -2.27. The molecule has 0 saturated carbocycles. The Hall–Kier alpha value is 0.170. The zero-order valence-electron chi connectivity index (χ0n) is 5.40. The maximum atomic E-state index is 12.0. The van der Waals surface area contributed by atoms with Crippen molar-refractivity contribution in [3.63, 3.8) is 0 Å². The van der Waals surface area contributed by atoms with E-state index in [4.69, 9.17) is 0 Å². The van der Waals surface area contributed by atoms with E-state index < -0.39 is 22.2 Å². The third-order valence-corrected chi connectivity index (χ3v) is 1.67. The fourth-order valence-electron chi connectivity index (χ4n) is 0.297. The molecule has 0 unspecified atom stereocenters. The Morgan fingerprint density at radius 2 is 1.15 bits per heavy atom. The molecule has 1 radical (unpaired) electrons. The molecule has 0 aliphatic carbocycles.